The van der Waals surface area contributed by atoms with Crippen LogP contribution in [0.15, 0.2) is 66.8 Å². The monoisotopic (exact) mass is 388 g/mol. The van der Waals surface area contributed by atoms with Crippen molar-refractivity contribution in [3.63, 3.8) is 0 Å². The molecule has 1 heterocycles. The van der Waals surface area contributed by atoms with Crippen LogP contribution >= 0.6 is 0 Å². The Morgan fingerprint density at radius 3 is 2.62 bits per heavy atom. The van der Waals surface area contributed by atoms with Gasteiger partial charge in [0.1, 0.15) is 18.1 Å². The van der Waals surface area contributed by atoms with Gasteiger partial charge < -0.3 is 14.6 Å². The minimum Gasteiger partial charge on any atom is -0.489 e. The van der Waals surface area contributed by atoms with Gasteiger partial charge in [-0.3, -0.25) is 4.79 Å². The molecule has 2 aromatic carbocycles. The number of nitrogens with one attached hydrogen (secondary N) is 1. The fourth-order valence-electron chi connectivity index (χ4n) is 3.20. The zero-order valence-electron chi connectivity index (χ0n) is 17.6. The average molecular weight is 389 g/mol. The van der Waals surface area contributed by atoms with Gasteiger partial charge in [0.25, 0.3) is 5.91 Å². The molecule has 0 radical (unpaired) electrons. The van der Waals surface area contributed by atoms with Crippen molar-refractivity contribution in [1.29, 1.82) is 0 Å². The largest absolute Gasteiger partial charge is 0.489 e. The maximum absolute atomic E-state index is 13.2. The van der Waals surface area contributed by atoms with Crippen molar-refractivity contribution >= 4 is 22.5 Å². The molecular formula is C25H28N2O2. The molecule has 3 rings (SSSR count). The van der Waals surface area contributed by atoms with E-state index in [2.05, 4.69) is 38.7 Å². The number of anilines is 1. The minimum absolute atomic E-state index is 0.138. The highest BCUT2D eigenvalue weighted by Crippen LogP contribution is 2.30. The van der Waals surface area contributed by atoms with Crippen LogP contribution in [0.5, 0.6) is 5.75 Å². The maximum Gasteiger partial charge on any atom is 0.272 e. The summed E-state index contributed by atoms with van der Waals surface area (Å²) in [6.45, 7) is 13.0. The predicted octanol–water partition coefficient (Wildman–Crippen LogP) is 6.04. The topological polar surface area (TPSA) is 43.3 Å². The third-order valence-electron chi connectivity index (χ3n) is 4.94. The van der Waals surface area contributed by atoms with E-state index < -0.39 is 0 Å². The molecule has 0 aliphatic heterocycles. The molecule has 0 saturated heterocycles. The molecule has 1 aromatic heterocycles. The molecule has 4 nitrogen and oxygen atoms in total. The van der Waals surface area contributed by atoms with Crippen LogP contribution in [0.3, 0.4) is 0 Å². The van der Waals surface area contributed by atoms with Gasteiger partial charge in [-0.1, -0.05) is 36.4 Å². The minimum atomic E-state index is -0.138. The van der Waals surface area contributed by atoms with Gasteiger partial charge in [-0.05, 0) is 69.2 Å². The smallest absolute Gasteiger partial charge is 0.272 e. The Morgan fingerprint density at radius 2 is 1.93 bits per heavy atom. The van der Waals surface area contributed by atoms with E-state index in [-0.39, 0.29) is 5.91 Å². The number of hydrogen-bond donors (Lipinski definition) is 1. The lowest BCUT2D eigenvalue weighted by Crippen LogP contribution is -2.17. The Kier molecular flexibility index (Phi) is 6.23. The van der Waals surface area contributed by atoms with Crippen molar-refractivity contribution in [2.24, 2.45) is 0 Å². The molecule has 1 N–H and O–H groups in total. The van der Waals surface area contributed by atoms with Crippen molar-refractivity contribution in [3.05, 3.63) is 83.6 Å². The summed E-state index contributed by atoms with van der Waals surface area (Å²) < 4.78 is 7.84. The van der Waals surface area contributed by atoms with E-state index in [4.69, 9.17) is 4.74 Å². The van der Waals surface area contributed by atoms with Crippen LogP contribution < -0.4 is 10.1 Å². The number of benzene rings is 2. The first-order chi connectivity index (χ1) is 13.9. The van der Waals surface area contributed by atoms with Gasteiger partial charge >= 0.3 is 0 Å². The maximum atomic E-state index is 13.2. The van der Waals surface area contributed by atoms with Crippen LogP contribution in [0.1, 0.15) is 35.5 Å². The van der Waals surface area contributed by atoms with Crippen molar-refractivity contribution in [1.82, 2.24) is 4.57 Å². The van der Waals surface area contributed by atoms with Crippen molar-refractivity contribution in [3.8, 4) is 5.75 Å². The number of hydrogen-bond acceptors (Lipinski definition) is 2. The van der Waals surface area contributed by atoms with Gasteiger partial charge in [0.2, 0.25) is 0 Å². The summed E-state index contributed by atoms with van der Waals surface area (Å²) in [4.78, 5) is 13.2. The summed E-state index contributed by atoms with van der Waals surface area (Å²) in [5, 5.41) is 3.96. The molecule has 0 aliphatic rings. The Labute approximate surface area is 172 Å². The molecule has 3 aromatic rings. The van der Waals surface area contributed by atoms with E-state index in [9.17, 15) is 4.79 Å². The van der Waals surface area contributed by atoms with Crippen LogP contribution in [-0.2, 0) is 6.54 Å². The number of nitrogens with zero attached hydrogens (tertiary/aromatic N) is 1. The SMILES string of the molecule is C=CCOc1cccc2c1cc(C(=O)Nc1ccc(C)c(C)c1)n2CC=C(C)C. The number of carbonyl (C=O) groups is 1. The van der Waals surface area contributed by atoms with Gasteiger partial charge in [-0.15, -0.1) is 0 Å². The quantitative estimate of drug-likeness (QED) is 0.501. The van der Waals surface area contributed by atoms with E-state index in [1.54, 1.807) is 6.08 Å². The Morgan fingerprint density at radius 1 is 1.14 bits per heavy atom. The van der Waals surface area contributed by atoms with Crippen LogP contribution in [-0.4, -0.2) is 17.1 Å². The number of aryl methyl sites for hydroxylation is 2. The first-order valence-corrected chi connectivity index (χ1v) is 9.78. The van der Waals surface area contributed by atoms with Gasteiger partial charge in [-0.25, -0.2) is 0 Å². The first kappa shape index (κ1) is 20.5. The highest BCUT2D eigenvalue weighted by Gasteiger charge is 2.18. The van der Waals surface area contributed by atoms with Crippen molar-refractivity contribution in [2.75, 3.05) is 11.9 Å². The summed E-state index contributed by atoms with van der Waals surface area (Å²) in [5.74, 6) is 0.611. The normalized spacial score (nSPS) is 10.6. The van der Waals surface area contributed by atoms with Crippen LogP contribution in [0.4, 0.5) is 5.69 Å². The highest BCUT2D eigenvalue weighted by atomic mass is 16.5. The molecule has 0 bridgehead atoms. The average Bonchev–Trinajstić information content (AvgIpc) is 3.07. The molecule has 1 amide bonds. The third-order valence-corrected chi connectivity index (χ3v) is 4.94. The Hall–Kier alpha value is -3.27. The molecule has 150 valence electrons. The van der Waals surface area contributed by atoms with Crippen LogP contribution in [0.2, 0.25) is 0 Å². The molecular weight excluding hydrogens is 360 g/mol. The Balaban J connectivity index is 2.04. The second-order valence-electron chi connectivity index (χ2n) is 7.46. The second-order valence-corrected chi connectivity index (χ2v) is 7.46. The first-order valence-electron chi connectivity index (χ1n) is 9.78. The van der Waals surface area contributed by atoms with Crippen molar-refractivity contribution < 1.29 is 9.53 Å². The van der Waals surface area contributed by atoms with Gasteiger partial charge in [0, 0.05) is 17.6 Å². The van der Waals surface area contributed by atoms with E-state index in [1.807, 2.05) is 54.0 Å². The van der Waals surface area contributed by atoms with Gasteiger partial charge in [-0.2, -0.15) is 0 Å². The lowest BCUT2D eigenvalue weighted by atomic mass is 10.1. The van der Waals surface area contributed by atoms with Gasteiger partial charge in [0.05, 0.1) is 5.52 Å². The standard InChI is InChI=1S/C25H28N2O2/c1-6-14-29-24-9-7-8-22-21(24)16-23(27(22)13-12-17(2)3)25(28)26-20-11-10-18(4)19(5)15-20/h6-12,15-16H,1,13-14H2,2-5H3,(H,26,28). The van der Waals surface area contributed by atoms with Crippen LogP contribution in [0.25, 0.3) is 10.9 Å². The zero-order valence-corrected chi connectivity index (χ0v) is 17.6. The number of amides is 1. The lowest BCUT2D eigenvalue weighted by molar-refractivity contribution is 0.101. The molecule has 0 aliphatic carbocycles. The van der Waals surface area contributed by atoms with Gasteiger partial charge in [0.15, 0.2) is 0 Å². The number of fused-ring (bicyclic) bond motifs is 1. The second kappa shape index (κ2) is 8.82. The number of rotatable bonds is 7. The molecule has 0 spiro atoms. The van der Waals surface area contributed by atoms with E-state index >= 15 is 0 Å². The number of aromatic nitrogens is 1. The summed E-state index contributed by atoms with van der Waals surface area (Å²) in [7, 11) is 0. The molecule has 0 fully saturated rings. The fourth-order valence-corrected chi connectivity index (χ4v) is 3.20. The predicted molar refractivity (Wildman–Crippen MR) is 121 cm³/mol. The van der Waals surface area contributed by atoms with E-state index in [0.717, 1.165) is 27.9 Å². The summed E-state index contributed by atoms with van der Waals surface area (Å²) in [5.41, 5.74) is 5.91. The molecule has 29 heavy (non-hydrogen) atoms. The number of carbonyl (C=O) groups excluding carboxylic acids is 1. The fraction of sp³-hybridized carbons (Fsp3) is 0.240. The third kappa shape index (κ3) is 4.60. The van der Waals surface area contributed by atoms with Crippen LogP contribution in [0, 0.1) is 13.8 Å². The van der Waals surface area contributed by atoms with E-state index in [0.29, 0.717) is 18.8 Å². The zero-order chi connectivity index (χ0) is 21.0. The summed E-state index contributed by atoms with van der Waals surface area (Å²) in [6.07, 6.45) is 3.83. The molecule has 0 atom stereocenters. The number of allylic oxidation sites excluding steroid dienone is 2. The van der Waals surface area contributed by atoms with Crippen molar-refractivity contribution in [2.45, 2.75) is 34.2 Å². The highest BCUT2D eigenvalue weighted by molar-refractivity contribution is 6.07. The molecule has 0 saturated carbocycles. The van der Waals surface area contributed by atoms with E-state index in [1.165, 1.54) is 11.1 Å². The lowest BCUT2D eigenvalue weighted by Gasteiger charge is -2.11. The summed E-state index contributed by atoms with van der Waals surface area (Å²) in [6, 6.07) is 13.7. The molecule has 4 heteroatoms. The summed E-state index contributed by atoms with van der Waals surface area (Å²) >= 11 is 0. The Bertz CT molecular complexity index is 1090. The number of ether oxygens (including phenoxy) is 1. The molecule has 0 unspecified atom stereocenters.